The maximum Gasteiger partial charge on any atom is 0.317 e. The van der Waals surface area contributed by atoms with Crippen LogP contribution in [0.25, 0.3) is 0 Å². The highest BCUT2D eigenvalue weighted by atomic mass is 16.2. The van der Waals surface area contributed by atoms with Crippen LogP contribution in [0.5, 0.6) is 0 Å². The number of carbonyl (C=O) groups is 2. The fourth-order valence-corrected chi connectivity index (χ4v) is 3.35. The van der Waals surface area contributed by atoms with Gasteiger partial charge in [-0.2, -0.15) is 0 Å². The van der Waals surface area contributed by atoms with Crippen LogP contribution >= 0.6 is 0 Å². The van der Waals surface area contributed by atoms with Crippen molar-refractivity contribution in [1.82, 2.24) is 25.1 Å². The van der Waals surface area contributed by atoms with Gasteiger partial charge in [-0.1, -0.05) is 13.8 Å². The molecule has 7 heteroatoms. The summed E-state index contributed by atoms with van der Waals surface area (Å²) in [6.07, 6.45) is 4.75. The fourth-order valence-electron chi connectivity index (χ4n) is 3.35. The van der Waals surface area contributed by atoms with E-state index in [1.165, 1.54) is 6.33 Å². The third-order valence-corrected chi connectivity index (χ3v) is 4.60. The lowest BCUT2D eigenvalue weighted by atomic mass is 10.0. The number of piperidine rings is 1. The Morgan fingerprint density at radius 3 is 2.65 bits per heavy atom. The lowest BCUT2D eigenvalue weighted by molar-refractivity contribution is 0.0663. The summed E-state index contributed by atoms with van der Waals surface area (Å²) in [6, 6.07) is 0.256. The number of rotatable bonds is 3. The largest absolute Gasteiger partial charge is 0.338 e. The van der Waals surface area contributed by atoms with Crippen LogP contribution in [0.1, 0.15) is 48.7 Å². The van der Waals surface area contributed by atoms with Crippen molar-refractivity contribution in [3.8, 4) is 0 Å². The molecule has 0 bridgehead atoms. The van der Waals surface area contributed by atoms with E-state index < -0.39 is 0 Å². The number of aromatic nitrogens is 2. The minimum atomic E-state index is -0.00127. The Hall–Kier alpha value is -2.18. The number of likely N-dealkylation sites (tertiary alicyclic amines) is 1. The number of hydrogen-bond donors (Lipinski definition) is 1. The summed E-state index contributed by atoms with van der Waals surface area (Å²) in [4.78, 5) is 36.5. The van der Waals surface area contributed by atoms with Crippen molar-refractivity contribution in [1.29, 1.82) is 0 Å². The molecule has 3 heterocycles. The number of nitrogens with one attached hydrogen (secondary N) is 1. The molecule has 0 unspecified atom stereocenters. The Bertz CT molecular complexity index is 596. The molecule has 1 N–H and O–H groups in total. The van der Waals surface area contributed by atoms with E-state index in [4.69, 9.17) is 0 Å². The van der Waals surface area contributed by atoms with E-state index in [0.717, 1.165) is 31.6 Å². The van der Waals surface area contributed by atoms with Crippen molar-refractivity contribution in [2.45, 2.75) is 38.6 Å². The molecule has 23 heavy (non-hydrogen) atoms. The molecule has 0 aromatic carbocycles. The van der Waals surface area contributed by atoms with Crippen LogP contribution in [-0.4, -0.2) is 63.9 Å². The van der Waals surface area contributed by atoms with Crippen molar-refractivity contribution < 1.29 is 9.59 Å². The van der Waals surface area contributed by atoms with Crippen molar-refractivity contribution >= 4 is 11.9 Å². The van der Waals surface area contributed by atoms with Gasteiger partial charge in [0.1, 0.15) is 6.33 Å². The summed E-state index contributed by atoms with van der Waals surface area (Å²) in [7, 11) is 0. The van der Waals surface area contributed by atoms with Gasteiger partial charge in [-0.15, -0.1) is 0 Å². The summed E-state index contributed by atoms with van der Waals surface area (Å²) < 4.78 is 0. The number of nitrogens with zero attached hydrogens (tertiary/aromatic N) is 4. The predicted molar refractivity (Wildman–Crippen MR) is 85.2 cm³/mol. The van der Waals surface area contributed by atoms with E-state index >= 15 is 0 Å². The molecule has 3 amide bonds. The summed E-state index contributed by atoms with van der Waals surface area (Å²) >= 11 is 0. The fraction of sp³-hybridized carbons (Fsp3) is 0.625. The van der Waals surface area contributed by atoms with Gasteiger partial charge in [-0.05, 0) is 18.8 Å². The lowest BCUT2D eigenvalue weighted by Gasteiger charge is -2.36. The number of hydrogen-bond acceptors (Lipinski definition) is 4. The molecule has 0 atom stereocenters. The van der Waals surface area contributed by atoms with Gasteiger partial charge < -0.3 is 15.1 Å². The van der Waals surface area contributed by atoms with Crippen LogP contribution in [0.4, 0.5) is 4.79 Å². The smallest absolute Gasteiger partial charge is 0.317 e. The van der Waals surface area contributed by atoms with Gasteiger partial charge in [0.25, 0.3) is 5.91 Å². The first kappa shape index (κ1) is 15.7. The van der Waals surface area contributed by atoms with Crippen LogP contribution in [0.3, 0.4) is 0 Å². The summed E-state index contributed by atoms with van der Waals surface area (Å²) in [5.74, 6) is 0.182. The third-order valence-electron chi connectivity index (χ3n) is 4.60. The normalized spacial score (nSPS) is 19.3. The van der Waals surface area contributed by atoms with E-state index in [1.54, 1.807) is 6.20 Å². The molecule has 2 fully saturated rings. The molecule has 0 radical (unpaired) electrons. The van der Waals surface area contributed by atoms with Gasteiger partial charge in [0.15, 0.2) is 0 Å². The average molecular weight is 317 g/mol. The van der Waals surface area contributed by atoms with Gasteiger partial charge in [-0.25, -0.2) is 14.8 Å². The van der Waals surface area contributed by atoms with Crippen LogP contribution in [-0.2, 0) is 0 Å². The zero-order valence-corrected chi connectivity index (χ0v) is 13.7. The van der Waals surface area contributed by atoms with E-state index in [1.807, 2.05) is 23.6 Å². The molecule has 0 aliphatic carbocycles. The van der Waals surface area contributed by atoms with Crippen molar-refractivity contribution in [3.63, 3.8) is 0 Å². The molecule has 2 saturated heterocycles. The Morgan fingerprint density at radius 2 is 2.04 bits per heavy atom. The quantitative estimate of drug-likeness (QED) is 0.909. The molecule has 3 rings (SSSR count). The molecule has 1 aromatic rings. The number of urea groups is 1. The Balaban J connectivity index is 1.66. The standard InChI is InChI=1S/C16H23N5O2/c1-11(2)14-13(9-17-10-19-14)15(22)20-6-3-12(4-7-20)21-8-5-18-16(21)23/h9-12H,3-8H2,1-2H3,(H,18,23). The van der Waals surface area contributed by atoms with Gasteiger partial charge in [0.05, 0.1) is 11.3 Å². The first-order valence-electron chi connectivity index (χ1n) is 8.21. The molecule has 2 aliphatic heterocycles. The second kappa shape index (κ2) is 6.52. The molecular weight excluding hydrogens is 294 g/mol. The highest BCUT2D eigenvalue weighted by Crippen LogP contribution is 2.22. The average Bonchev–Trinajstić information content (AvgIpc) is 3.00. The Morgan fingerprint density at radius 1 is 1.30 bits per heavy atom. The molecular formula is C16H23N5O2. The second-order valence-corrected chi connectivity index (χ2v) is 6.43. The Labute approximate surface area is 136 Å². The third kappa shape index (κ3) is 3.13. The minimum absolute atomic E-state index is 0.00127. The highest BCUT2D eigenvalue weighted by molar-refractivity contribution is 5.95. The van der Waals surface area contributed by atoms with Crippen LogP contribution in [0, 0.1) is 0 Å². The van der Waals surface area contributed by atoms with Crippen molar-refractivity contribution in [2.24, 2.45) is 0 Å². The second-order valence-electron chi connectivity index (χ2n) is 6.43. The summed E-state index contributed by atoms with van der Waals surface area (Å²) in [5.41, 5.74) is 1.39. The van der Waals surface area contributed by atoms with E-state index in [9.17, 15) is 9.59 Å². The van der Waals surface area contributed by atoms with Crippen LogP contribution < -0.4 is 5.32 Å². The molecule has 1 aromatic heterocycles. The van der Waals surface area contributed by atoms with Crippen molar-refractivity contribution in [3.05, 3.63) is 23.8 Å². The monoisotopic (exact) mass is 317 g/mol. The van der Waals surface area contributed by atoms with E-state index in [2.05, 4.69) is 15.3 Å². The number of amides is 3. The SMILES string of the molecule is CC(C)c1ncncc1C(=O)N1CCC(N2CCNC2=O)CC1. The van der Waals surface area contributed by atoms with Crippen molar-refractivity contribution in [2.75, 3.05) is 26.2 Å². The molecule has 124 valence electrons. The zero-order valence-electron chi connectivity index (χ0n) is 13.7. The van der Waals surface area contributed by atoms with E-state index in [-0.39, 0.29) is 23.9 Å². The molecule has 0 saturated carbocycles. The first-order chi connectivity index (χ1) is 11.1. The van der Waals surface area contributed by atoms with Gasteiger partial charge in [0.2, 0.25) is 0 Å². The van der Waals surface area contributed by atoms with Gasteiger partial charge >= 0.3 is 6.03 Å². The first-order valence-corrected chi connectivity index (χ1v) is 8.21. The molecule has 0 spiro atoms. The Kier molecular flexibility index (Phi) is 4.45. The summed E-state index contributed by atoms with van der Waals surface area (Å²) in [6.45, 7) is 6.87. The maximum atomic E-state index is 12.8. The number of carbonyl (C=O) groups excluding carboxylic acids is 2. The van der Waals surface area contributed by atoms with E-state index in [0.29, 0.717) is 18.7 Å². The summed E-state index contributed by atoms with van der Waals surface area (Å²) in [5, 5.41) is 2.84. The van der Waals surface area contributed by atoms with Crippen LogP contribution in [0.2, 0.25) is 0 Å². The lowest BCUT2D eigenvalue weighted by Crippen LogP contribution is -2.47. The predicted octanol–water partition coefficient (Wildman–Crippen LogP) is 1.23. The van der Waals surface area contributed by atoms with Gasteiger partial charge in [-0.3, -0.25) is 4.79 Å². The maximum absolute atomic E-state index is 12.8. The van der Waals surface area contributed by atoms with Gasteiger partial charge in [0, 0.05) is 38.4 Å². The molecule has 7 nitrogen and oxygen atoms in total. The minimum Gasteiger partial charge on any atom is -0.338 e. The zero-order chi connectivity index (χ0) is 16.4. The van der Waals surface area contributed by atoms with Crippen LogP contribution in [0.15, 0.2) is 12.5 Å². The topological polar surface area (TPSA) is 78.4 Å². The molecule has 2 aliphatic rings. The highest BCUT2D eigenvalue weighted by Gasteiger charge is 2.32.